The molecule has 1 aromatic carbocycles. The van der Waals surface area contributed by atoms with Gasteiger partial charge in [0.2, 0.25) is 0 Å². The first-order chi connectivity index (χ1) is 8.11. The number of esters is 1. The Balaban J connectivity index is 2.28. The first-order valence-corrected chi connectivity index (χ1v) is 5.94. The van der Waals surface area contributed by atoms with Gasteiger partial charge in [-0.1, -0.05) is 31.2 Å². The first kappa shape index (κ1) is 13.7. The predicted molar refractivity (Wildman–Crippen MR) is 66.7 cm³/mol. The van der Waals surface area contributed by atoms with Crippen molar-refractivity contribution in [1.29, 1.82) is 0 Å². The van der Waals surface area contributed by atoms with Crippen molar-refractivity contribution in [2.75, 3.05) is 6.61 Å². The van der Waals surface area contributed by atoms with Crippen LogP contribution in [0.5, 0.6) is 0 Å². The Hall–Kier alpha value is -1.35. The molecule has 0 saturated heterocycles. The summed E-state index contributed by atoms with van der Waals surface area (Å²) in [5, 5.41) is 0. The number of rotatable bonds is 6. The molecule has 3 nitrogen and oxygen atoms in total. The van der Waals surface area contributed by atoms with E-state index in [0.717, 1.165) is 12.0 Å². The molecule has 0 aromatic heterocycles. The van der Waals surface area contributed by atoms with Crippen molar-refractivity contribution in [1.82, 2.24) is 0 Å². The van der Waals surface area contributed by atoms with Gasteiger partial charge in [-0.25, -0.2) is 0 Å². The third-order valence-electron chi connectivity index (χ3n) is 2.42. The second-order valence-electron chi connectivity index (χ2n) is 4.11. The van der Waals surface area contributed by atoms with Gasteiger partial charge >= 0.3 is 5.97 Å². The van der Waals surface area contributed by atoms with Crippen molar-refractivity contribution in [2.45, 2.75) is 39.9 Å². The smallest absolute Gasteiger partial charge is 0.302 e. The Labute approximate surface area is 103 Å². The van der Waals surface area contributed by atoms with Crippen LogP contribution >= 0.6 is 0 Å². The maximum absolute atomic E-state index is 10.7. The number of carbonyl (C=O) groups excluding carboxylic acids is 1. The number of benzene rings is 1. The molecule has 1 atom stereocenters. The zero-order chi connectivity index (χ0) is 12.7. The number of carbonyl (C=O) groups is 1. The highest BCUT2D eigenvalue weighted by atomic mass is 16.6. The zero-order valence-electron chi connectivity index (χ0n) is 10.7. The molecule has 0 fully saturated rings. The Morgan fingerprint density at radius 1 is 1.24 bits per heavy atom. The SMILES string of the molecule is CCc1ccc(COCC(C)OC(C)=O)cc1. The molecular weight excluding hydrogens is 216 g/mol. The van der Waals surface area contributed by atoms with E-state index in [1.807, 2.05) is 6.92 Å². The van der Waals surface area contributed by atoms with Crippen molar-refractivity contribution in [2.24, 2.45) is 0 Å². The van der Waals surface area contributed by atoms with E-state index in [4.69, 9.17) is 9.47 Å². The second-order valence-corrected chi connectivity index (χ2v) is 4.11. The lowest BCUT2D eigenvalue weighted by Gasteiger charge is -2.12. The van der Waals surface area contributed by atoms with Crippen molar-refractivity contribution >= 4 is 5.97 Å². The Bertz CT molecular complexity index is 343. The molecule has 0 amide bonds. The average molecular weight is 236 g/mol. The highest BCUT2D eigenvalue weighted by Crippen LogP contribution is 2.06. The summed E-state index contributed by atoms with van der Waals surface area (Å²) in [6.45, 7) is 6.33. The first-order valence-electron chi connectivity index (χ1n) is 5.94. The minimum Gasteiger partial charge on any atom is -0.460 e. The summed E-state index contributed by atoms with van der Waals surface area (Å²) in [5.41, 5.74) is 2.46. The Morgan fingerprint density at radius 2 is 1.82 bits per heavy atom. The third kappa shape index (κ3) is 5.50. The molecule has 0 radical (unpaired) electrons. The molecule has 94 valence electrons. The van der Waals surface area contributed by atoms with E-state index < -0.39 is 0 Å². The zero-order valence-corrected chi connectivity index (χ0v) is 10.7. The lowest BCUT2D eigenvalue weighted by Crippen LogP contribution is -2.18. The van der Waals surface area contributed by atoms with Crippen molar-refractivity contribution in [3.05, 3.63) is 35.4 Å². The molecule has 0 bridgehead atoms. The lowest BCUT2D eigenvalue weighted by atomic mass is 10.1. The molecule has 0 aliphatic rings. The quantitative estimate of drug-likeness (QED) is 0.712. The molecule has 1 rings (SSSR count). The van der Waals surface area contributed by atoms with E-state index in [1.54, 1.807) is 0 Å². The normalized spacial score (nSPS) is 12.2. The minimum absolute atomic E-state index is 0.192. The Kier molecular flexibility index (Phi) is 5.70. The molecule has 1 aromatic rings. The fourth-order valence-corrected chi connectivity index (χ4v) is 1.53. The van der Waals surface area contributed by atoms with Crippen molar-refractivity contribution in [3.8, 4) is 0 Å². The predicted octanol–water partition coefficient (Wildman–Crippen LogP) is 2.72. The molecule has 17 heavy (non-hydrogen) atoms. The van der Waals surface area contributed by atoms with E-state index >= 15 is 0 Å². The third-order valence-corrected chi connectivity index (χ3v) is 2.42. The standard InChI is InChI=1S/C14H20O3/c1-4-13-5-7-14(8-6-13)10-16-9-11(2)17-12(3)15/h5-8,11H,4,9-10H2,1-3H3. The number of hydrogen-bond acceptors (Lipinski definition) is 3. The van der Waals surface area contributed by atoms with Crippen molar-refractivity contribution in [3.63, 3.8) is 0 Å². The van der Waals surface area contributed by atoms with Crippen LogP contribution in [-0.4, -0.2) is 18.7 Å². The minimum atomic E-state index is -0.270. The van der Waals surface area contributed by atoms with Crippen LogP contribution in [0.3, 0.4) is 0 Å². The molecule has 0 spiro atoms. The number of aryl methyl sites for hydroxylation is 1. The Morgan fingerprint density at radius 3 is 2.35 bits per heavy atom. The van der Waals surface area contributed by atoms with Crippen LogP contribution in [0, 0.1) is 0 Å². The summed E-state index contributed by atoms with van der Waals surface area (Å²) in [7, 11) is 0. The molecule has 0 aliphatic carbocycles. The topological polar surface area (TPSA) is 35.5 Å². The van der Waals surface area contributed by atoms with Crippen LogP contribution in [0.15, 0.2) is 24.3 Å². The second kappa shape index (κ2) is 7.07. The van der Waals surface area contributed by atoms with E-state index in [1.165, 1.54) is 12.5 Å². The van der Waals surface area contributed by atoms with Crippen LogP contribution in [0.1, 0.15) is 31.9 Å². The highest BCUT2D eigenvalue weighted by molar-refractivity contribution is 5.66. The van der Waals surface area contributed by atoms with E-state index in [-0.39, 0.29) is 12.1 Å². The summed E-state index contributed by atoms with van der Waals surface area (Å²) in [5.74, 6) is -0.270. The van der Waals surface area contributed by atoms with E-state index in [0.29, 0.717) is 13.2 Å². The summed E-state index contributed by atoms with van der Waals surface area (Å²) < 4.78 is 10.4. The molecule has 0 heterocycles. The van der Waals surface area contributed by atoms with Gasteiger partial charge in [-0.3, -0.25) is 4.79 Å². The van der Waals surface area contributed by atoms with Crippen LogP contribution in [0.2, 0.25) is 0 Å². The molecular formula is C14H20O3. The maximum atomic E-state index is 10.7. The fourth-order valence-electron chi connectivity index (χ4n) is 1.53. The molecule has 1 unspecified atom stereocenters. The molecule has 0 aliphatic heterocycles. The van der Waals surface area contributed by atoms with Gasteiger partial charge in [0.1, 0.15) is 6.10 Å². The molecule has 3 heteroatoms. The molecule has 0 N–H and O–H groups in total. The van der Waals surface area contributed by atoms with Gasteiger partial charge in [0.15, 0.2) is 0 Å². The van der Waals surface area contributed by atoms with Gasteiger partial charge in [-0.15, -0.1) is 0 Å². The van der Waals surface area contributed by atoms with Crippen LogP contribution in [0.4, 0.5) is 0 Å². The van der Waals surface area contributed by atoms with Gasteiger partial charge < -0.3 is 9.47 Å². The van der Waals surface area contributed by atoms with Gasteiger partial charge in [0.25, 0.3) is 0 Å². The van der Waals surface area contributed by atoms with Gasteiger partial charge in [0.05, 0.1) is 13.2 Å². The van der Waals surface area contributed by atoms with E-state index in [2.05, 4.69) is 31.2 Å². The summed E-state index contributed by atoms with van der Waals surface area (Å²) >= 11 is 0. The average Bonchev–Trinajstić information content (AvgIpc) is 2.29. The van der Waals surface area contributed by atoms with Gasteiger partial charge in [-0.2, -0.15) is 0 Å². The van der Waals surface area contributed by atoms with Crippen LogP contribution < -0.4 is 0 Å². The monoisotopic (exact) mass is 236 g/mol. The molecule has 0 saturated carbocycles. The van der Waals surface area contributed by atoms with Crippen molar-refractivity contribution < 1.29 is 14.3 Å². The fraction of sp³-hybridized carbons (Fsp3) is 0.500. The maximum Gasteiger partial charge on any atom is 0.302 e. The number of ether oxygens (including phenoxy) is 2. The lowest BCUT2D eigenvalue weighted by molar-refractivity contribution is -0.148. The number of hydrogen-bond donors (Lipinski definition) is 0. The summed E-state index contributed by atoms with van der Waals surface area (Å²) in [4.78, 5) is 10.7. The van der Waals surface area contributed by atoms with Crippen LogP contribution in [-0.2, 0) is 27.3 Å². The van der Waals surface area contributed by atoms with Gasteiger partial charge in [-0.05, 0) is 24.5 Å². The van der Waals surface area contributed by atoms with Crippen LogP contribution in [0.25, 0.3) is 0 Å². The van der Waals surface area contributed by atoms with E-state index in [9.17, 15) is 4.79 Å². The summed E-state index contributed by atoms with van der Waals surface area (Å²) in [6.07, 6.45) is 0.854. The highest BCUT2D eigenvalue weighted by Gasteiger charge is 2.05. The largest absolute Gasteiger partial charge is 0.460 e. The van der Waals surface area contributed by atoms with Gasteiger partial charge in [0, 0.05) is 6.92 Å². The summed E-state index contributed by atoms with van der Waals surface area (Å²) in [6, 6.07) is 8.34.